The number of carbonyl (C=O) groups excluding carboxylic acids is 1. The normalized spacial score (nSPS) is 23.9. The van der Waals surface area contributed by atoms with Gasteiger partial charge in [0.15, 0.2) is 0 Å². The van der Waals surface area contributed by atoms with Crippen LogP contribution >= 0.6 is 0 Å². The van der Waals surface area contributed by atoms with Gasteiger partial charge in [-0.2, -0.15) is 0 Å². The zero-order chi connectivity index (χ0) is 10.7. The van der Waals surface area contributed by atoms with Crippen molar-refractivity contribution in [2.45, 2.75) is 13.3 Å². The van der Waals surface area contributed by atoms with Gasteiger partial charge in [-0.15, -0.1) is 0 Å². The van der Waals surface area contributed by atoms with Crippen molar-refractivity contribution in [3.63, 3.8) is 0 Å². The van der Waals surface area contributed by atoms with Gasteiger partial charge in [0.25, 0.3) is 0 Å². The van der Waals surface area contributed by atoms with Crippen LogP contribution in [0, 0.1) is 5.92 Å². The summed E-state index contributed by atoms with van der Waals surface area (Å²) in [6.45, 7) is 2.90. The van der Waals surface area contributed by atoms with Crippen molar-refractivity contribution in [3.05, 3.63) is 41.5 Å². The first-order valence-corrected chi connectivity index (χ1v) is 5.32. The lowest BCUT2D eigenvalue weighted by molar-refractivity contribution is -0.118. The Kier molecular flexibility index (Phi) is 2.86. The van der Waals surface area contributed by atoms with E-state index < -0.39 is 0 Å². The van der Waals surface area contributed by atoms with Crippen LogP contribution in [-0.4, -0.2) is 12.5 Å². The molecule has 1 fully saturated rings. The molecule has 1 heterocycles. The summed E-state index contributed by atoms with van der Waals surface area (Å²) in [7, 11) is 0. The Bertz CT molecular complexity index is 381. The van der Waals surface area contributed by atoms with Crippen LogP contribution in [0.1, 0.15) is 18.9 Å². The molecule has 0 aliphatic carbocycles. The summed E-state index contributed by atoms with van der Waals surface area (Å²) in [5.41, 5.74) is 1.99. The Hall–Kier alpha value is -1.57. The molecule has 1 aromatic rings. The molecule has 2 nitrogen and oxygen atoms in total. The topological polar surface area (TPSA) is 29.1 Å². The molecule has 2 rings (SSSR count). The van der Waals surface area contributed by atoms with Crippen molar-refractivity contribution in [3.8, 4) is 0 Å². The number of rotatable bonds is 1. The minimum atomic E-state index is 0.0811. The minimum Gasteiger partial charge on any atom is -0.352 e. The van der Waals surface area contributed by atoms with Gasteiger partial charge in [-0.1, -0.05) is 37.3 Å². The fraction of sp³-hybridized carbons (Fsp3) is 0.308. The van der Waals surface area contributed by atoms with Crippen LogP contribution in [0.2, 0.25) is 0 Å². The van der Waals surface area contributed by atoms with Crippen LogP contribution in [-0.2, 0) is 4.79 Å². The fourth-order valence-electron chi connectivity index (χ4n) is 1.82. The molecule has 0 saturated carbocycles. The van der Waals surface area contributed by atoms with Gasteiger partial charge >= 0.3 is 0 Å². The molecular formula is C13H15NO. The van der Waals surface area contributed by atoms with Crippen LogP contribution in [0.25, 0.3) is 6.08 Å². The fourth-order valence-corrected chi connectivity index (χ4v) is 1.82. The average Bonchev–Trinajstić information content (AvgIpc) is 2.25. The third kappa shape index (κ3) is 2.27. The van der Waals surface area contributed by atoms with Crippen LogP contribution in [0.3, 0.4) is 0 Å². The molecule has 1 saturated heterocycles. The standard InChI is InChI=1S/C13H15NO/c1-10-7-8-14-13(15)12(10)9-11-5-3-2-4-6-11/h2-6,9-10H,7-8H2,1H3,(H,14,15)/b12-9-. The molecule has 1 N–H and O–H groups in total. The monoisotopic (exact) mass is 201 g/mol. The van der Waals surface area contributed by atoms with Crippen molar-refractivity contribution < 1.29 is 4.79 Å². The lowest BCUT2D eigenvalue weighted by Crippen LogP contribution is -2.34. The second-order valence-corrected chi connectivity index (χ2v) is 3.96. The second-order valence-electron chi connectivity index (χ2n) is 3.96. The van der Waals surface area contributed by atoms with E-state index in [1.54, 1.807) is 0 Å². The maximum atomic E-state index is 11.6. The highest BCUT2D eigenvalue weighted by Gasteiger charge is 2.21. The summed E-state index contributed by atoms with van der Waals surface area (Å²) in [6.07, 6.45) is 3.02. The molecule has 15 heavy (non-hydrogen) atoms. The van der Waals surface area contributed by atoms with Gasteiger partial charge in [0.2, 0.25) is 5.91 Å². The Morgan fingerprint density at radius 3 is 2.73 bits per heavy atom. The van der Waals surface area contributed by atoms with E-state index >= 15 is 0 Å². The molecule has 1 aromatic carbocycles. The number of carbonyl (C=O) groups is 1. The van der Waals surface area contributed by atoms with E-state index in [1.807, 2.05) is 36.4 Å². The first-order chi connectivity index (χ1) is 7.27. The summed E-state index contributed by atoms with van der Waals surface area (Å²) in [4.78, 5) is 11.6. The molecule has 0 spiro atoms. The van der Waals surface area contributed by atoms with E-state index in [-0.39, 0.29) is 5.91 Å². The van der Waals surface area contributed by atoms with E-state index in [0.29, 0.717) is 5.92 Å². The number of piperidine rings is 1. The molecule has 78 valence electrons. The third-order valence-electron chi connectivity index (χ3n) is 2.78. The zero-order valence-corrected chi connectivity index (χ0v) is 8.86. The molecular weight excluding hydrogens is 186 g/mol. The number of benzene rings is 1. The number of hydrogen-bond acceptors (Lipinski definition) is 1. The van der Waals surface area contributed by atoms with E-state index in [0.717, 1.165) is 24.1 Å². The lowest BCUT2D eigenvalue weighted by Gasteiger charge is -2.21. The predicted octanol–water partition coefficient (Wildman–Crippen LogP) is 2.23. The molecule has 1 unspecified atom stereocenters. The van der Waals surface area contributed by atoms with E-state index in [2.05, 4.69) is 12.2 Å². The van der Waals surface area contributed by atoms with E-state index in [4.69, 9.17) is 0 Å². The van der Waals surface area contributed by atoms with Gasteiger partial charge in [0, 0.05) is 12.1 Å². The molecule has 1 aliphatic rings. The average molecular weight is 201 g/mol. The highest BCUT2D eigenvalue weighted by atomic mass is 16.1. The van der Waals surface area contributed by atoms with Crippen molar-refractivity contribution in [1.29, 1.82) is 0 Å². The molecule has 0 bridgehead atoms. The van der Waals surface area contributed by atoms with Crippen LogP contribution in [0.15, 0.2) is 35.9 Å². The molecule has 2 heteroatoms. The van der Waals surface area contributed by atoms with Gasteiger partial charge in [0.1, 0.15) is 0 Å². The second kappa shape index (κ2) is 4.30. The number of amides is 1. The van der Waals surface area contributed by atoms with Crippen molar-refractivity contribution >= 4 is 12.0 Å². The van der Waals surface area contributed by atoms with Crippen LogP contribution in [0.4, 0.5) is 0 Å². The number of nitrogens with one attached hydrogen (secondary N) is 1. The first-order valence-electron chi connectivity index (χ1n) is 5.32. The Morgan fingerprint density at radius 1 is 1.33 bits per heavy atom. The Labute approximate surface area is 90.0 Å². The van der Waals surface area contributed by atoms with Crippen LogP contribution < -0.4 is 5.32 Å². The van der Waals surface area contributed by atoms with Crippen molar-refractivity contribution in [2.24, 2.45) is 5.92 Å². The number of hydrogen-bond donors (Lipinski definition) is 1. The molecule has 0 radical (unpaired) electrons. The molecule has 1 atom stereocenters. The van der Waals surface area contributed by atoms with Crippen LogP contribution in [0.5, 0.6) is 0 Å². The lowest BCUT2D eigenvalue weighted by atomic mass is 9.92. The quantitative estimate of drug-likeness (QED) is 0.693. The van der Waals surface area contributed by atoms with Gasteiger partial charge in [0.05, 0.1) is 0 Å². The van der Waals surface area contributed by atoms with Crippen molar-refractivity contribution in [2.75, 3.05) is 6.54 Å². The van der Waals surface area contributed by atoms with Gasteiger partial charge in [-0.05, 0) is 24.0 Å². The minimum absolute atomic E-state index is 0.0811. The van der Waals surface area contributed by atoms with E-state index in [9.17, 15) is 4.79 Å². The maximum Gasteiger partial charge on any atom is 0.247 e. The smallest absolute Gasteiger partial charge is 0.247 e. The summed E-state index contributed by atoms with van der Waals surface area (Å²) >= 11 is 0. The molecule has 0 aromatic heterocycles. The Morgan fingerprint density at radius 2 is 2.07 bits per heavy atom. The summed E-state index contributed by atoms with van der Waals surface area (Å²) in [5.74, 6) is 0.441. The van der Waals surface area contributed by atoms with Gasteiger partial charge in [-0.25, -0.2) is 0 Å². The zero-order valence-electron chi connectivity index (χ0n) is 8.86. The van der Waals surface area contributed by atoms with Gasteiger partial charge in [-0.3, -0.25) is 4.79 Å². The molecule has 1 aliphatic heterocycles. The summed E-state index contributed by atoms with van der Waals surface area (Å²) in [6, 6.07) is 9.98. The predicted molar refractivity (Wildman–Crippen MR) is 61.2 cm³/mol. The van der Waals surface area contributed by atoms with Crippen molar-refractivity contribution in [1.82, 2.24) is 5.32 Å². The highest BCUT2D eigenvalue weighted by Crippen LogP contribution is 2.21. The maximum absolute atomic E-state index is 11.6. The first kappa shape index (κ1) is 9.97. The van der Waals surface area contributed by atoms with Gasteiger partial charge < -0.3 is 5.32 Å². The Balaban J connectivity index is 2.28. The SMILES string of the molecule is CC1CCNC(=O)/C1=C\c1ccccc1. The highest BCUT2D eigenvalue weighted by molar-refractivity contribution is 5.98. The summed E-state index contributed by atoms with van der Waals surface area (Å²) in [5, 5.41) is 2.88. The third-order valence-corrected chi connectivity index (χ3v) is 2.78. The molecule has 1 amide bonds. The summed E-state index contributed by atoms with van der Waals surface area (Å²) < 4.78 is 0. The van der Waals surface area contributed by atoms with E-state index in [1.165, 1.54) is 0 Å². The largest absolute Gasteiger partial charge is 0.352 e.